The van der Waals surface area contributed by atoms with Crippen molar-refractivity contribution in [3.63, 3.8) is 0 Å². The molecule has 0 saturated heterocycles. The van der Waals surface area contributed by atoms with Gasteiger partial charge in [-0.3, -0.25) is 4.79 Å². The SMILES string of the molecule is CCCN(C(=O)c1oc(C)nc1C)c1ccc(N)cc1. The molecule has 0 radical (unpaired) electrons. The molecule has 0 aliphatic carbocycles. The van der Waals surface area contributed by atoms with Crippen LogP contribution in [0.5, 0.6) is 0 Å². The Hall–Kier alpha value is -2.30. The van der Waals surface area contributed by atoms with Crippen molar-refractivity contribution in [2.75, 3.05) is 17.2 Å². The lowest BCUT2D eigenvalue weighted by Crippen LogP contribution is -2.31. The summed E-state index contributed by atoms with van der Waals surface area (Å²) in [5.74, 6) is 0.627. The van der Waals surface area contributed by atoms with Gasteiger partial charge in [-0.05, 0) is 37.6 Å². The second-order valence-corrected chi connectivity index (χ2v) is 4.70. The van der Waals surface area contributed by atoms with Crippen molar-refractivity contribution in [3.05, 3.63) is 41.6 Å². The van der Waals surface area contributed by atoms with Crippen molar-refractivity contribution in [2.45, 2.75) is 27.2 Å². The first-order chi connectivity index (χ1) is 9.52. The predicted octanol–water partition coefficient (Wildman–Crippen LogP) is 2.93. The summed E-state index contributed by atoms with van der Waals surface area (Å²) < 4.78 is 5.42. The van der Waals surface area contributed by atoms with E-state index in [0.717, 1.165) is 12.1 Å². The van der Waals surface area contributed by atoms with Gasteiger partial charge in [0.1, 0.15) is 0 Å². The molecule has 2 aromatic rings. The predicted molar refractivity (Wildman–Crippen MR) is 78.8 cm³/mol. The Kier molecular flexibility index (Phi) is 4.08. The second kappa shape index (κ2) is 5.77. The van der Waals surface area contributed by atoms with E-state index in [1.807, 2.05) is 19.1 Å². The van der Waals surface area contributed by atoms with Gasteiger partial charge < -0.3 is 15.1 Å². The number of nitrogens with two attached hydrogens (primary N) is 1. The van der Waals surface area contributed by atoms with Crippen LogP contribution in [0.15, 0.2) is 28.7 Å². The molecule has 106 valence electrons. The molecule has 5 nitrogen and oxygen atoms in total. The number of anilines is 2. The van der Waals surface area contributed by atoms with Crippen molar-refractivity contribution in [2.24, 2.45) is 0 Å². The molecule has 0 fully saturated rings. The van der Waals surface area contributed by atoms with Crippen LogP contribution in [0.3, 0.4) is 0 Å². The fourth-order valence-electron chi connectivity index (χ4n) is 2.08. The Balaban J connectivity index is 2.35. The molecule has 20 heavy (non-hydrogen) atoms. The minimum absolute atomic E-state index is 0.172. The first-order valence-corrected chi connectivity index (χ1v) is 6.64. The van der Waals surface area contributed by atoms with Crippen LogP contribution >= 0.6 is 0 Å². The number of carbonyl (C=O) groups excluding carboxylic acids is 1. The number of carbonyl (C=O) groups is 1. The molecule has 0 aliphatic rings. The van der Waals surface area contributed by atoms with E-state index < -0.39 is 0 Å². The maximum absolute atomic E-state index is 12.6. The Morgan fingerprint density at radius 2 is 1.95 bits per heavy atom. The van der Waals surface area contributed by atoms with Gasteiger partial charge in [0.15, 0.2) is 5.89 Å². The number of oxazole rings is 1. The topological polar surface area (TPSA) is 72.4 Å². The Morgan fingerprint density at radius 3 is 2.45 bits per heavy atom. The zero-order chi connectivity index (χ0) is 14.7. The average molecular weight is 273 g/mol. The third kappa shape index (κ3) is 2.82. The van der Waals surface area contributed by atoms with Crippen molar-refractivity contribution >= 4 is 17.3 Å². The van der Waals surface area contributed by atoms with E-state index in [0.29, 0.717) is 29.6 Å². The van der Waals surface area contributed by atoms with Crippen molar-refractivity contribution in [3.8, 4) is 0 Å². The van der Waals surface area contributed by atoms with E-state index in [9.17, 15) is 4.79 Å². The van der Waals surface area contributed by atoms with E-state index in [1.54, 1.807) is 30.9 Å². The molecule has 0 aliphatic heterocycles. The molecule has 0 atom stereocenters. The summed E-state index contributed by atoms with van der Waals surface area (Å²) in [5, 5.41) is 0. The summed E-state index contributed by atoms with van der Waals surface area (Å²) in [5.41, 5.74) is 7.77. The van der Waals surface area contributed by atoms with Gasteiger partial charge in [-0.25, -0.2) is 4.98 Å². The summed E-state index contributed by atoms with van der Waals surface area (Å²) in [6.07, 6.45) is 0.849. The molecule has 0 bridgehead atoms. The van der Waals surface area contributed by atoms with Crippen molar-refractivity contribution < 1.29 is 9.21 Å². The highest BCUT2D eigenvalue weighted by Crippen LogP contribution is 2.21. The Labute approximate surface area is 118 Å². The lowest BCUT2D eigenvalue weighted by molar-refractivity contribution is 0.0958. The maximum atomic E-state index is 12.6. The first kappa shape index (κ1) is 14.1. The largest absolute Gasteiger partial charge is 0.436 e. The maximum Gasteiger partial charge on any atom is 0.295 e. The van der Waals surface area contributed by atoms with Crippen LogP contribution in [-0.2, 0) is 0 Å². The monoisotopic (exact) mass is 273 g/mol. The number of aryl methyl sites for hydroxylation is 2. The highest BCUT2D eigenvalue weighted by molar-refractivity contribution is 6.04. The quantitative estimate of drug-likeness (QED) is 0.869. The minimum Gasteiger partial charge on any atom is -0.436 e. The fraction of sp³-hybridized carbons (Fsp3) is 0.333. The summed E-state index contributed by atoms with van der Waals surface area (Å²) in [7, 11) is 0. The van der Waals surface area contributed by atoms with Crippen LogP contribution in [0.1, 0.15) is 35.5 Å². The van der Waals surface area contributed by atoms with E-state index in [-0.39, 0.29) is 5.91 Å². The standard InChI is InChI=1S/C15H19N3O2/c1-4-9-18(13-7-5-12(16)6-8-13)15(19)14-10(2)17-11(3)20-14/h5-8H,4,9,16H2,1-3H3. The molecule has 2 N–H and O–H groups in total. The van der Waals surface area contributed by atoms with E-state index in [2.05, 4.69) is 4.98 Å². The van der Waals surface area contributed by atoms with Crippen molar-refractivity contribution in [1.29, 1.82) is 0 Å². The van der Waals surface area contributed by atoms with Gasteiger partial charge in [0.05, 0.1) is 5.69 Å². The van der Waals surface area contributed by atoms with Crippen LogP contribution in [0, 0.1) is 13.8 Å². The van der Waals surface area contributed by atoms with Gasteiger partial charge in [0.2, 0.25) is 5.76 Å². The molecule has 1 aromatic heterocycles. The van der Waals surface area contributed by atoms with E-state index in [4.69, 9.17) is 10.2 Å². The number of nitrogen functional groups attached to an aromatic ring is 1. The van der Waals surface area contributed by atoms with Crippen LogP contribution in [0.4, 0.5) is 11.4 Å². The van der Waals surface area contributed by atoms with Gasteiger partial charge in [0, 0.05) is 24.8 Å². The van der Waals surface area contributed by atoms with Crippen LogP contribution < -0.4 is 10.6 Å². The van der Waals surface area contributed by atoms with E-state index in [1.165, 1.54) is 0 Å². The number of benzene rings is 1. The summed E-state index contributed by atoms with van der Waals surface area (Å²) in [6.45, 7) is 6.14. The lowest BCUT2D eigenvalue weighted by atomic mass is 10.2. The van der Waals surface area contributed by atoms with Crippen LogP contribution in [-0.4, -0.2) is 17.4 Å². The molecular weight excluding hydrogens is 254 g/mol. The smallest absolute Gasteiger partial charge is 0.295 e. The zero-order valence-corrected chi connectivity index (χ0v) is 12.0. The first-order valence-electron chi connectivity index (χ1n) is 6.64. The summed E-state index contributed by atoms with van der Waals surface area (Å²) in [4.78, 5) is 18.5. The molecule has 1 aromatic carbocycles. The van der Waals surface area contributed by atoms with E-state index >= 15 is 0 Å². The molecule has 0 spiro atoms. The molecule has 2 rings (SSSR count). The van der Waals surface area contributed by atoms with Gasteiger partial charge in [-0.15, -0.1) is 0 Å². The number of nitrogens with zero attached hydrogens (tertiary/aromatic N) is 2. The summed E-state index contributed by atoms with van der Waals surface area (Å²) in [6, 6.07) is 7.23. The second-order valence-electron chi connectivity index (χ2n) is 4.70. The van der Waals surface area contributed by atoms with Gasteiger partial charge in [0.25, 0.3) is 5.91 Å². The minimum atomic E-state index is -0.172. The number of hydrogen-bond donors (Lipinski definition) is 1. The Morgan fingerprint density at radius 1 is 1.30 bits per heavy atom. The average Bonchev–Trinajstić information content (AvgIpc) is 2.75. The molecule has 5 heteroatoms. The number of rotatable bonds is 4. The third-order valence-electron chi connectivity index (χ3n) is 2.99. The third-order valence-corrected chi connectivity index (χ3v) is 2.99. The highest BCUT2D eigenvalue weighted by Gasteiger charge is 2.23. The Bertz CT molecular complexity index is 602. The fourth-order valence-corrected chi connectivity index (χ4v) is 2.08. The van der Waals surface area contributed by atoms with Gasteiger partial charge in [-0.1, -0.05) is 6.92 Å². The van der Waals surface area contributed by atoms with Crippen molar-refractivity contribution in [1.82, 2.24) is 4.98 Å². The normalized spacial score (nSPS) is 10.6. The van der Waals surface area contributed by atoms with Gasteiger partial charge >= 0.3 is 0 Å². The molecule has 1 heterocycles. The van der Waals surface area contributed by atoms with Gasteiger partial charge in [-0.2, -0.15) is 0 Å². The molecule has 1 amide bonds. The summed E-state index contributed by atoms with van der Waals surface area (Å²) >= 11 is 0. The highest BCUT2D eigenvalue weighted by atomic mass is 16.4. The zero-order valence-electron chi connectivity index (χ0n) is 12.0. The molecule has 0 saturated carbocycles. The number of aromatic nitrogens is 1. The number of hydrogen-bond acceptors (Lipinski definition) is 4. The molecule has 0 unspecified atom stereocenters. The van der Waals surface area contributed by atoms with Crippen LogP contribution in [0.2, 0.25) is 0 Å². The molecular formula is C15H19N3O2. The lowest BCUT2D eigenvalue weighted by Gasteiger charge is -2.21. The van der Waals surface area contributed by atoms with Crippen LogP contribution in [0.25, 0.3) is 0 Å². The number of amides is 1.